The van der Waals surface area contributed by atoms with E-state index in [4.69, 9.17) is 19.5 Å². The van der Waals surface area contributed by atoms with Gasteiger partial charge in [-0.05, 0) is 41.5 Å². The highest BCUT2D eigenvalue weighted by Gasteiger charge is 2.08. The molecule has 0 aliphatic rings. The van der Waals surface area contributed by atoms with Crippen molar-refractivity contribution < 1.29 is 23.8 Å². The predicted octanol–water partition coefficient (Wildman–Crippen LogP) is 2.45. The molecule has 0 fully saturated rings. The van der Waals surface area contributed by atoms with Gasteiger partial charge in [-0.25, -0.2) is 4.79 Å². The Kier molecular flexibility index (Phi) is 7.61. The molecule has 7 nitrogen and oxygen atoms in total. The fraction of sp³-hybridized carbons (Fsp3) is 0.190. The molecule has 0 saturated heterocycles. The van der Waals surface area contributed by atoms with Crippen LogP contribution in [0.15, 0.2) is 48.5 Å². The second-order valence-corrected chi connectivity index (χ2v) is 5.64. The molecule has 0 saturated carbocycles. The minimum absolute atomic E-state index is 0.262. The van der Waals surface area contributed by atoms with Gasteiger partial charge in [0.25, 0.3) is 5.91 Å². The zero-order chi connectivity index (χ0) is 20.4. The largest absolute Gasteiger partial charge is 0.493 e. The number of rotatable bonds is 8. The Morgan fingerprint density at radius 2 is 1.79 bits per heavy atom. The number of nitrogens with one attached hydrogen (secondary N) is 1. The van der Waals surface area contributed by atoms with Crippen LogP contribution in [-0.4, -0.2) is 32.7 Å². The Labute approximate surface area is 163 Å². The molecule has 0 spiro atoms. The van der Waals surface area contributed by atoms with E-state index in [0.717, 1.165) is 11.1 Å². The summed E-state index contributed by atoms with van der Waals surface area (Å²) in [7, 11) is 3.08. The second kappa shape index (κ2) is 10.4. The van der Waals surface area contributed by atoms with Crippen molar-refractivity contribution in [1.29, 1.82) is 5.26 Å². The molecular formula is C21H20N2O5. The number of carbonyl (C=O) groups is 2. The molecule has 2 rings (SSSR count). The highest BCUT2D eigenvalue weighted by atomic mass is 16.5. The molecule has 0 radical (unpaired) electrons. The van der Waals surface area contributed by atoms with Crippen LogP contribution < -0.4 is 14.8 Å². The molecular weight excluding hydrogens is 360 g/mol. The third kappa shape index (κ3) is 6.18. The van der Waals surface area contributed by atoms with E-state index >= 15 is 0 Å². The Morgan fingerprint density at radius 1 is 1.07 bits per heavy atom. The van der Waals surface area contributed by atoms with Gasteiger partial charge in [-0.1, -0.05) is 18.2 Å². The van der Waals surface area contributed by atoms with Gasteiger partial charge in [-0.2, -0.15) is 5.26 Å². The highest BCUT2D eigenvalue weighted by molar-refractivity contribution is 5.89. The van der Waals surface area contributed by atoms with Gasteiger partial charge in [0.15, 0.2) is 18.1 Å². The Hall–Kier alpha value is -3.79. The lowest BCUT2D eigenvalue weighted by Crippen LogP contribution is -2.28. The summed E-state index contributed by atoms with van der Waals surface area (Å²) in [6, 6.07) is 14.0. The lowest BCUT2D eigenvalue weighted by molar-refractivity contribution is -0.143. The van der Waals surface area contributed by atoms with Gasteiger partial charge in [0.1, 0.15) is 0 Å². The third-order valence-corrected chi connectivity index (χ3v) is 3.73. The van der Waals surface area contributed by atoms with E-state index in [1.54, 1.807) is 55.7 Å². The van der Waals surface area contributed by atoms with Crippen LogP contribution in [0, 0.1) is 11.3 Å². The number of ether oxygens (including phenoxy) is 3. The van der Waals surface area contributed by atoms with E-state index in [-0.39, 0.29) is 13.2 Å². The van der Waals surface area contributed by atoms with Gasteiger partial charge in [0.2, 0.25) is 0 Å². The molecule has 1 amide bonds. The van der Waals surface area contributed by atoms with E-state index in [2.05, 4.69) is 5.32 Å². The minimum Gasteiger partial charge on any atom is -0.493 e. The maximum Gasteiger partial charge on any atom is 0.331 e. The number of methoxy groups -OCH3 is 2. The van der Waals surface area contributed by atoms with Crippen LogP contribution in [0.1, 0.15) is 16.7 Å². The molecule has 2 aromatic rings. The predicted molar refractivity (Wildman–Crippen MR) is 103 cm³/mol. The first-order chi connectivity index (χ1) is 13.5. The summed E-state index contributed by atoms with van der Waals surface area (Å²) in [5.74, 6) is 0.106. The van der Waals surface area contributed by atoms with Crippen LogP contribution in [-0.2, 0) is 20.9 Å². The molecule has 0 atom stereocenters. The van der Waals surface area contributed by atoms with Gasteiger partial charge in [0, 0.05) is 12.6 Å². The van der Waals surface area contributed by atoms with Crippen molar-refractivity contribution in [1.82, 2.24) is 5.32 Å². The van der Waals surface area contributed by atoms with Crippen molar-refractivity contribution >= 4 is 18.0 Å². The van der Waals surface area contributed by atoms with E-state index in [1.807, 2.05) is 6.07 Å². The standard InChI is InChI=1S/C21H20N2O5/c1-26-18-9-7-17(11-19(18)27-2)13-23-20(24)14-28-21(25)10-8-15-3-5-16(12-22)6-4-15/h3-11H,13-14H2,1-2H3,(H,23,24)/b10-8+. The van der Waals surface area contributed by atoms with Crippen LogP contribution in [0.4, 0.5) is 0 Å². The third-order valence-electron chi connectivity index (χ3n) is 3.73. The molecule has 1 N–H and O–H groups in total. The lowest BCUT2D eigenvalue weighted by Gasteiger charge is -2.10. The first kappa shape index (κ1) is 20.5. The Bertz CT molecular complexity index is 898. The lowest BCUT2D eigenvalue weighted by atomic mass is 10.1. The van der Waals surface area contributed by atoms with Crippen LogP contribution >= 0.6 is 0 Å². The average molecular weight is 380 g/mol. The Morgan fingerprint density at radius 3 is 2.43 bits per heavy atom. The van der Waals surface area contributed by atoms with Gasteiger partial charge in [-0.15, -0.1) is 0 Å². The van der Waals surface area contributed by atoms with Crippen molar-refractivity contribution in [2.24, 2.45) is 0 Å². The molecule has 0 aliphatic heterocycles. The molecule has 2 aromatic carbocycles. The van der Waals surface area contributed by atoms with Crippen LogP contribution in [0.2, 0.25) is 0 Å². The average Bonchev–Trinajstić information content (AvgIpc) is 2.74. The monoisotopic (exact) mass is 380 g/mol. The van der Waals surface area contributed by atoms with Crippen LogP contribution in [0.25, 0.3) is 6.08 Å². The van der Waals surface area contributed by atoms with Crippen molar-refractivity contribution in [2.45, 2.75) is 6.54 Å². The highest BCUT2D eigenvalue weighted by Crippen LogP contribution is 2.27. The summed E-state index contributed by atoms with van der Waals surface area (Å²) >= 11 is 0. The number of amides is 1. The smallest absolute Gasteiger partial charge is 0.331 e. The van der Waals surface area contributed by atoms with Crippen molar-refractivity contribution in [3.8, 4) is 17.6 Å². The molecule has 0 aliphatic carbocycles. The minimum atomic E-state index is -0.634. The van der Waals surface area contributed by atoms with E-state index < -0.39 is 11.9 Å². The first-order valence-electron chi connectivity index (χ1n) is 8.38. The zero-order valence-corrected chi connectivity index (χ0v) is 15.6. The number of nitrogens with zero attached hydrogens (tertiary/aromatic N) is 1. The van der Waals surface area contributed by atoms with Gasteiger partial charge in [0.05, 0.1) is 25.9 Å². The first-order valence-corrected chi connectivity index (χ1v) is 8.38. The zero-order valence-electron chi connectivity index (χ0n) is 15.6. The molecule has 144 valence electrons. The van der Waals surface area contributed by atoms with Gasteiger partial charge in [-0.3, -0.25) is 4.79 Å². The number of hydrogen-bond acceptors (Lipinski definition) is 6. The SMILES string of the molecule is COc1ccc(CNC(=O)COC(=O)/C=C/c2ccc(C#N)cc2)cc1OC. The van der Waals surface area contributed by atoms with Crippen molar-refractivity contribution in [2.75, 3.05) is 20.8 Å². The molecule has 0 aromatic heterocycles. The van der Waals surface area contributed by atoms with Crippen molar-refractivity contribution in [3.05, 3.63) is 65.2 Å². The van der Waals surface area contributed by atoms with Crippen LogP contribution in [0.5, 0.6) is 11.5 Å². The molecule has 0 bridgehead atoms. The summed E-state index contributed by atoms with van der Waals surface area (Å²) in [6.07, 6.45) is 2.77. The fourth-order valence-corrected chi connectivity index (χ4v) is 2.26. The molecule has 0 unspecified atom stereocenters. The molecule has 0 heterocycles. The summed E-state index contributed by atoms with van der Waals surface area (Å²) < 4.78 is 15.3. The van der Waals surface area contributed by atoms with E-state index in [0.29, 0.717) is 17.1 Å². The van der Waals surface area contributed by atoms with Crippen LogP contribution in [0.3, 0.4) is 0 Å². The molecule has 7 heteroatoms. The van der Waals surface area contributed by atoms with E-state index in [1.165, 1.54) is 13.2 Å². The maximum absolute atomic E-state index is 11.8. The number of esters is 1. The summed E-state index contributed by atoms with van der Waals surface area (Å²) in [4.78, 5) is 23.5. The topological polar surface area (TPSA) is 97.6 Å². The fourth-order valence-electron chi connectivity index (χ4n) is 2.26. The van der Waals surface area contributed by atoms with E-state index in [9.17, 15) is 9.59 Å². The normalized spacial score (nSPS) is 10.2. The summed E-state index contributed by atoms with van der Waals surface area (Å²) in [5.41, 5.74) is 2.10. The maximum atomic E-state index is 11.8. The Balaban J connectivity index is 1.78. The molecule has 28 heavy (non-hydrogen) atoms. The quantitative estimate of drug-likeness (QED) is 0.558. The summed E-state index contributed by atoms with van der Waals surface area (Å²) in [5, 5.41) is 11.4. The summed E-state index contributed by atoms with van der Waals surface area (Å²) in [6.45, 7) is -0.123. The second-order valence-electron chi connectivity index (χ2n) is 5.64. The number of nitriles is 1. The van der Waals surface area contributed by atoms with Crippen molar-refractivity contribution in [3.63, 3.8) is 0 Å². The van der Waals surface area contributed by atoms with Gasteiger partial charge < -0.3 is 19.5 Å². The number of hydrogen-bond donors (Lipinski definition) is 1. The number of carbonyl (C=O) groups excluding carboxylic acids is 2. The number of benzene rings is 2. The van der Waals surface area contributed by atoms with Gasteiger partial charge >= 0.3 is 5.97 Å².